The Morgan fingerprint density at radius 1 is 1.55 bits per heavy atom. The van der Waals surface area contributed by atoms with Crippen LogP contribution in [0.2, 0.25) is 0 Å². The number of rotatable bonds is 4. The predicted molar refractivity (Wildman–Crippen MR) is 41.2 cm³/mol. The molecule has 68 valence electrons. The Balaban J connectivity index is 4.15. The third kappa shape index (κ3) is 3.98. The zero-order valence-corrected chi connectivity index (χ0v) is 8.22. The van der Waals surface area contributed by atoms with Crippen LogP contribution in [0.15, 0.2) is 0 Å². The van der Waals surface area contributed by atoms with Gasteiger partial charge in [-0.25, -0.2) is 8.77 Å². The van der Waals surface area contributed by atoms with Crippen molar-refractivity contribution in [2.45, 2.75) is 20.0 Å². The standard InChI is InChI=1S/C4H11O5PS/c1-4(2)9-11(7)10(5,6)8-3/h4H,1-3H3,(H,5,6). The molecule has 0 amide bonds. The van der Waals surface area contributed by atoms with Crippen LogP contribution in [0, 0.1) is 0 Å². The van der Waals surface area contributed by atoms with Crippen molar-refractivity contribution in [3.05, 3.63) is 0 Å². The van der Waals surface area contributed by atoms with Crippen molar-refractivity contribution in [1.82, 2.24) is 0 Å². The molecular weight excluding hydrogens is 191 g/mol. The predicted octanol–water partition coefficient (Wildman–Crippen LogP) is 0.822. The minimum Gasteiger partial charge on any atom is -0.313 e. The van der Waals surface area contributed by atoms with E-state index in [1.165, 1.54) is 0 Å². The Kier molecular flexibility index (Phi) is 4.43. The fourth-order valence-corrected chi connectivity index (χ4v) is 2.05. The van der Waals surface area contributed by atoms with Crippen molar-refractivity contribution in [2.24, 2.45) is 0 Å². The first-order chi connectivity index (χ1) is 4.90. The van der Waals surface area contributed by atoms with Crippen molar-refractivity contribution >= 4 is 17.5 Å². The van der Waals surface area contributed by atoms with Crippen molar-refractivity contribution in [1.29, 1.82) is 0 Å². The zero-order valence-electron chi connectivity index (χ0n) is 6.51. The van der Waals surface area contributed by atoms with Gasteiger partial charge in [-0.15, -0.1) is 0 Å². The highest BCUT2D eigenvalue weighted by atomic mass is 32.8. The molecule has 0 saturated carbocycles. The van der Waals surface area contributed by atoms with E-state index in [1.54, 1.807) is 13.8 Å². The van der Waals surface area contributed by atoms with Gasteiger partial charge in [0.2, 0.25) is 0 Å². The second-order valence-corrected chi connectivity index (χ2v) is 6.22. The van der Waals surface area contributed by atoms with Gasteiger partial charge in [0.25, 0.3) is 10.7 Å². The fourth-order valence-electron chi connectivity index (χ4n) is 0.280. The van der Waals surface area contributed by atoms with E-state index < -0.39 is 17.5 Å². The van der Waals surface area contributed by atoms with Crippen LogP contribution in [0.1, 0.15) is 13.8 Å². The average Bonchev–Trinajstić information content (AvgIpc) is 1.86. The molecule has 0 aromatic heterocycles. The first kappa shape index (κ1) is 11.3. The molecule has 7 heteroatoms. The summed E-state index contributed by atoms with van der Waals surface area (Å²) in [7, 11) is -1.27. The molecule has 0 spiro atoms. The highest BCUT2D eigenvalue weighted by molar-refractivity contribution is 8.43. The maximum atomic E-state index is 10.8. The molecule has 0 bridgehead atoms. The van der Waals surface area contributed by atoms with Crippen molar-refractivity contribution < 1.29 is 22.4 Å². The van der Waals surface area contributed by atoms with Gasteiger partial charge < -0.3 is 9.42 Å². The van der Waals surface area contributed by atoms with Crippen LogP contribution in [0.25, 0.3) is 0 Å². The van der Waals surface area contributed by atoms with Crippen LogP contribution in [0.4, 0.5) is 0 Å². The number of hydrogen-bond donors (Lipinski definition) is 1. The highest BCUT2D eigenvalue weighted by Crippen LogP contribution is 2.46. The molecule has 0 aliphatic rings. The summed E-state index contributed by atoms with van der Waals surface area (Å²) in [6, 6.07) is 0. The van der Waals surface area contributed by atoms with E-state index in [-0.39, 0.29) is 6.10 Å². The maximum absolute atomic E-state index is 10.8. The molecule has 0 radical (unpaired) electrons. The molecule has 11 heavy (non-hydrogen) atoms. The molecular formula is C4H11O5PS. The lowest BCUT2D eigenvalue weighted by molar-refractivity contribution is 0.264. The number of hydrogen-bond acceptors (Lipinski definition) is 4. The summed E-state index contributed by atoms with van der Waals surface area (Å²) in [5, 5.41) is 0. The van der Waals surface area contributed by atoms with Crippen LogP contribution >= 0.6 is 6.80 Å². The quantitative estimate of drug-likeness (QED) is 0.683. The molecule has 0 aromatic carbocycles. The summed E-state index contributed by atoms with van der Waals surface area (Å²) in [6.45, 7) is -0.859. The molecule has 1 N–H and O–H groups in total. The topological polar surface area (TPSA) is 72.8 Å². The maximum Gasteiger partial charge on any atom is 0.442 e. The van der Waals surface area contributed by atoms with Crippen LogP contribution in [0.5, 0.6) is 0 Å². The molecule has 2 atom stereocenters. The molecule has 5 nitrogen and oxygen atoms in total. The smallest absolute Gasteiger partial charge is 0.313 e. The SMILES string of the molecule is COP(=O)(O)S(=O)OC(C)C. The summed E-state index contributed by atoms with van der Waals surface area (Å²) in [5.41, 5.74) is 0. The van der Waals surface area contributed by atoms with Crippen LogP contribution in [-0.2, 0) is 24.0 Å². The lowest BCUT2D eigenvalue weighted by atomic mass is 10.5. The Labute approximate surface area is 67.7 Å². The largest absolute Gasteiger partial charge is 0.442 e. The average molecular weight is 202 g/mol. The second kappa shape index (κ2) is 4.33. The van der Waals surface area contributed by atoms with Crippen molar-refractivity contribution in [3.63, 3.8) is 0 Å². The summed E-state index contributed by atoms with van der Waals surface area (Å²) in [4.78, 5) is 8.75. The zero-order chi connectivity index (χ0) is 9.07. The minimum atomic E-state index is -4.07. The van der Waals surface area contributed by atoms with Crippen LogP contribution < -0.4 is 0 Å². The van der Waals surface area contributed by atoms with Crippen molar-refractivity contribution in [2.75, 3.05) is 7.11 Å². The van der Waals surface area contributed by atoms with Gasteiger partial charge in [-0.3, -0.25) is 4.18 Å². The monoisotopic (exact) mass is 202 g/mol. The van der Waals surface area contributed by atoms with E-state index in [0.717, 1.165) is 7.11 Å². The van der Waals surface area contributed by atoms with Gasteiger partial charge in [-0.05, 0) is 13.8 Å². The molecule has 0 aliphatic carbocycles. The lowest BCUT2D eigenvalue weighted by Crippen LogP contribution is -2.06. The molecule has 0 aliphatic heterocycles. The van der Waals surface area contributed by atoms with Gasteiger partial charge in [0.1, 0.15) is 0 Å². The summed E-state index contributed by atoms with van der Waals surface area (Å²) >= 11 is 0. The van der Waals surface area contributed by atoms with Crippen LogP contribution in [0.3, 0.4) is 0 Å². The second-order valence-electron chi connectivity index (χ2n) is 2.01. The van der Waals surface area contributed by atoms with Gasteiger partial charge in [0, 0.05) is 7.11 Å². The third-order valence-corrected chi connectivity index (χ3v) is 3.92. The van der Waals surface area contributed by atoms with Gasteiger partial charge in [-0.2, -0.15) is 0 Å². The van der Waals surface area contributed by atoms with Gasteiger partial charge >= 0.3 is 6.80 Å². The summed E-state index contributed by atoms with van der Waals surface area (Å²) in [5.74, 6) is 0. The Hall–Kier alpha value is 0.260. The van der Waals surface area contributed by atoms with E-state index >= 15 is 0 Å². The third-order valence-electron chi connectivity index (χ3n) is 0.694. The Morgan fingerprint density at radius 2 is 2.00 bits per heavy atom. The molecule has 0 fully saturated rings. The van der Waals surface area contributed by atoms with Gasteiger partial charge in [-0.1, -0.05) is 0 Å². The highest BCUT2D eigenvalue weighted by Gasteiger charge is 2.29. The van der Waals surface area contributed by atoms with E-state index in [0.29, 0.717) is 0 Å². The normalized spacial score (nSPS) is 19.7. The summed E-state index contributed by atoms with van der Waals surface area (Å²) < 4.78 is 30.1. The van der Waals surface area contributed by atoms with E-state index in [2.05, 4.69) is 8.71 Å². The Morgan fingerprint density at radius 3 is 2.27 bits per heavy atom. The first-order valence-electron chi connectivity index (χ1n) is 2.88. The summed E-state index contributed by atoms with van der Waals surface area (Å²) in [6.07, 6.45) is -0.369. The fraction of sp³-hybridized carbons (Fsp3) is 1.00. The van der Waals surface area contributed by atoms with Gasteiger partial charge in [0.15, 0.2) is 0 Å². The first-order valence-corrected chi connectivity index (χ1v) is 6.14. The molecule has 0 saturated heterocycles. The Bertz CT molecular complexity index is 191. The van der Waals surface area contributed by atoms with E-state index in [1.807, 2.05) is 0 Å². The lowest BCUT2D eigenvalue weighted by Gasteiger charge is -2.09. The van der Waals surface area contributed by atoms with E-state index in [4.69, 9.17) is 4.89 Å². The van der Waals surface area contributed by atoms with Crippen molar-refractivity contribution in [3.8, 4) is 0 Å². The van der Waals surface area contributed by atoms with Gasteiger partial charge in [0.05, 0.1) is 6.10 Å². The van der Waals surface area contributed by atoms with Crippen LogP contribution in [-0.4, -0.2) is 22.3 Å². The molecule has 0 aromatic rings. The molecule has 0 heterocycles. The minimum absolute atomic E-state index is 0.369. The molecule has 2 unspecified atom stereocenters. The molecule has 0 rings (SSSR count). The van der Waals surface area contributed by atoms with E-state index in [9.17, 15) is 8.77 Å².